The van der Waals surface area contributed by atoms with E-state index >= 15 is 0 Å². The predicted molar refractivity (Wildman–Crippen MR) is 187 cm³/mol. The van der Waals surface area contributed by atoms with E-state index in [0.717, 1.165) is 33.0 Å². The zero-order valence-electron chi connectivity index (χ0n) is 32.1. The van der Waals surface area contributed by atoms with Gasteiger partial charge in [-0.25, -0.2) is 0 Å². The normalized spacial score (nSPS) is 20.4. The third kappa shape index (κ3) is 4.16. The van der Waals surface area contributed by atoms with Crippen LogP contribution >= 0.6 is 0 Å². The number of rotatable bonds is 4. The lowest BCUT2D eigenvalue weighted by atomic mass is 9.66. The Morgan fingerprint density at radius 1 is 0.578 bits per heavy atom. The molecule has 0 radical (unpaired) electrons. The minimum atomic E-state index is -1.02. The van der Waals surface area contributed by atoms with Gasteiger partial charge in [0.2, 0.25) is 0 Å². The summed E-state index contributed by atoms with van der Waals surface area (Å²) < 4.78 is 80.0. The molecule has 1 heterocycles. The molecule has 2 aliphatic rings. The quantitative estimate of drug-likeness (QED) is 0.201. The highest BCUT2D eigenvalue weighted by Gasteiger charge is 2.36. The number of furan rings is 1. The maximum Gasteiger partial charge on any atom is 0.143 e. The molecule has 6 aromatic carbocycles. The highest BCUT2D eigenvalue weighted by atomic mass is 16.3. The monoisotopic (exact) mass is 582 g/mol. The first-order valence-corrected chi connectivity index (χ1v) is 15.0. The van der Waals surface area contributed by atoms with E-state index in [2.05, 4.69) is 0 Å². The third-order valence-electron chi connectivity index (χ3n) is 8.90. The van der Waals surface area contributed by atoms with Crippen LogP contribution in [0, 0.1) is 5.92 Å². The third-order valence-corrected chi connectivity index (χ3v) is 8.90. The molecule has 1 nitrogen and oxygen atoms in total. The van der Waals surface area contributed by atoms with E-state index in [0.29, 0.717) is 33.4 Å². The first-order valence-electron chi connectivity index (χ1n) is 19.0. The van der Waals surface area contributed by atoms with Crippen LogP contribution in [0.15, 0.2) is 180 Å². The second kappa shape index (κ2) is 10.5. The molecule has 1 heteroatoms. The summed E-state index contributed by atoms with van der Waals surface area (Å²) in [6.45, 7) is 0. The fourth-order valence-electron chi connectivity index (χ4n) is 6.95. The van der Waals surface area contributed by atoms with Gasteiger partial charge in [-0.3, -0.25) is 0 Å². The molecular weight excluding hydrogens is 544 g/mol. The van der Waals surface area contributed by atoms with E-state index in [1.54, 1.807) is 0 Å². The summed E-state index contributed by atoms with van der Waals surface area (Å²) in [6.07, 6.45) is 0. The van der Waals surface area contributed by atoms with Crippen LogP contribution in [0.1, 0.15) is 39.1 Å². The molecule has 7 aromatic rings. The maximum absolute atomic E-state index is 9.53. The molecule has 0 amide bonds. The van der Waals surface area contributed by atoms with Crippen LogP contribution < -0.4 is 0 Å². The number of allylic oxidation sites excluding steroid dienone is 5. The average molecular weight is 583 g/mol. The fraction of sp³-hybridized carbons (Fsp3) is 0.0455. The molecular formula is C44H30O. The van der Waals surface area contributed by atoms with Crippen LogP contribution in [-0.4, -0.2) is 0 Å². The van der Waals surface area contributed by atoms with E-state index in [4.69, 9.17) is 9.90 Å². The molecule has 0 fully saturated rings. The lowest BCUT2D eigenvalue weighted by Gasteiger charge is -2.37. The van der Waals surface area contributed by atoms with Crippen LogP contribution in [0.5, 0.6) is 0 Å². The van der Waals surface area contributed by atoms with Gasteiger partial charge in [-0.15, -0.1) is 0 Å². The maximum atomic E-state index is 9.53. The summed E-state index contributed by atoms with van der Waals surface area (Å²) in [6, 6.07) is 36.0. The van der Waals surface area contributed by atoms with Crippen LogP contribution in [0.4, 0.5) is 0 Å². The summed E-state index contributed by atoms with van der Waals surface area (Å²) in [5.74, 6) is -1.94. The average Bonchev–Trinajstić information content (AvgIpc) is 3.58. The van der Waals surface area contributed by atoms with Crippen LogP contribution in [0.3, 0.4) is 0 Å². The molecule has 0 N–H and O–H groups in total. The lowest BCUT2D eigenvalue weighted by molar-refractivity contribution is 0.647. The number of hydrogen-bond acceptors (Lipinski definition) is 1. The van der Waals surface area contributed by atoms with Gasteiger partial charge in [0.05, 0.1) is 11.0 Å². The Balaban J connectivity index is 1.46. The summed E-state index contributed by atoms with van der Waals surface area (Å²) in [4.78, 5) is 0. The topological polar surface area (TPSA) is 13.1 Å². The predicted octanol–water partition coefficient (Wildman–Crippen LogP) is 11.6. The summed E-state index contributed by atoms with van der Waals surface area (Å²) in [5, 5.41) is 1.66. The molecule has 2 unspecified atom stereocenters. The Labute approximate surface area is 274 Å². The van der Waals surface area contributed by atoms with E-state index < -0.39 is 30.0 Å². The van der Waals surface area contributed by atoms with E-state index in [1.807, 2.05) is 121 Å². The second-order valence-corrected chi connectivity index (χ2v) is 11.4. The van der Waals surface area contributed by atoms with Gasteiger partial charge < -0.3 is 4.42 Å². The highest BCUT2D eigenvalue weighted by molar-refractivity contribution is 6.10. The van der Waals surface area contributed by atoms with Gasteiger partial charge in [0.25, 0.3) is 0 Å². The zero-order chi connectivity index (χ0) is 36.7. The van der Waals surface area contributed by atoms with Gasteiger partial charge in [0, 0.05) is 28.2 Å². The van der Waals surface area contributed by atoms with E-state index in [9.17, 15) is 5.48 Å². The molecule has 0 saturated heterocycles. The molecule has 0 aliphatic heterocycles. The van der Waals surface area contributed by atoms with Gasteiger partial charge in [0.15, 0.2) is 0 Å². The fourth-order valence-corrected chi connectivity index (χ4v) is 6.95. The lowest BCUT2D eigenvalue weighted by Crippen LogP contribution is -2.23. The first-order chi connectivity index (χ1) is 25.7. The van der Waals surface area contributed by atoms with Gasteiger partial charge in [-0.05, 0) is 68.3 Å². The molecule has 0 spiro atoms. The number of fused-ring (bicyclic) bond motifs is 5. The van der Waals surface area contributed by atoms with Gasteiger partial charge in [-0.1, -0.05) is 152 Å². The van der Waals surface area contributed by atoms with Crippen molar-refractivity contribution in [2.75, 3.05) is 0 Å². The highest BCUT2D eigenvalue weighted by Crippen LogP contribution is 2.52. The van der Waals surface area contributed by atoms with E-state index in [-0.39, 0.29) is 41.4 Å². The first kappa shape index (κ1) is 18.9. The SMILES string of the molecule is [2H]C1=C([2H])C2=C(c3ccccc3-c3ccccc3)c3c([2H])c([2H])c([2H])c([2H])c3C(c3cc(-c4ccccc4)c4oc5ccccc5c4c3)C2C([2H])=C1[2H]. The summed E-state index contributed by atoms with van der Waals surface area (Å²) in [7, 11) is 0. The Hall–Kier alpha value is -5.66. The van der Waals surface area contributed by atoms with Crippen molar-refractivity contribution >= 4 is 27.5 Å². The van der Waals surface area contributed by atoms with Gasteiger partial charge in [-0.2, -0.15) is 0 Å². The van der Waals surface area contributed by atoms with Gasteiger partial charge >= 0.3 is 0 Å². The van der Waals surface area contributed by atoms with Crippen molar-refractivity contribution in [3.63, 3.8) is 0 Å². The molecule has 212 valence electrons. The van der Waals surface area contributed by atoms with Crippen molar-refractivity contribution in [3.05, 3.63) is 198 Å². The number of para-hydroxylation sites is 1. The number of benzene rings is 6. The molecule has 2 atom stereocenters. The minimum absolute atomic E-state index is 0.183. The Morgan fingerprint density at radius 2 is 1.27 bits per heavy atom. The molecule has 9 rings (SSSR count). The van der Waals surface area contributed by atoms with Crippen molar-refractivity contribution in [3.8, 4) is 22.3 Å². The van der Waals surface area contributed by atoms with Crippen LogP contribution in [-0.2, 0) is 0 Å². The van der Waals surface area contributed by atoms with Gasteiger partial charge in [0.1, 0.15) is 11.2 Å². The van der Waals surface area contributed by atoms with Crippen LogP contribution in [0.25, 0.3) is 49.8 Å². The Kier molecular flexibility index (Phi) is 4.41. The van der Waals surface area contributed by atoms with Crippen molar-refractivity contribution in [1.29, 1.82) is 0 Å². The van der Waals surface area contributed by atoms with E-state index in [1.165, 1.54) is 0 Å². The van der Waals surface area contributed by atoms with Crippen molar-refractivity contribution in [2.45, 2.75) is 5.92 Å². The van der Waals surface area contributed by atoms with Crippen molar-refractivity contribution in [2.24, 2.45) is 5.92 Å². The summed E-state index contributed by atoms with van der Waals surface area (Å²) in [5.41, 5.74) is 7.05. The van der Waals surface area contributed by atoms with Crippen molar-refractivity contribution in [1.82, 2.24) is 0 Å². The molecule has 0 bridgehead atoms. The van der Waals surface area contributed by atoms with Crippen molar-refractivity contribution < 1.29 is 15.4 Å². The zero-order valence-corrected chi connectivity index (χ0v) is 24.1. The molecule has 2 aliphatic carbocycles. The second-order valence-electron chi connectivity index (χ2n) is 11.4. The number of hydrogen-bond donors (Lipinski definition) is 0. The molecule has 0 saturated carbocycles. The molecule has 1 aromatic heterocycles. The Morgan fingerprint density at radius 3 is 2.09 bits per heavy atom. The smallest absolute Gasteiger partial charge is 0.143 e. The van der Waals surface area contributed by atoms with Crippen LogP contribution in [0.2, 0.25) is 0 Å². The minimum Gasteiger partial charge on any atom is -0.455 e. The Bertz CT molecular complexity index is 2760. The summed E-state index contributed by atoms with van der Waals surface area (Å²) >= 11 is 0. The molecule has 45 heavy (non-hydrogen) atoms. The largest absolute Gasteiger partial charge is 0.455 e. The standard InChI is InChI=1S/C44H30O/c1-3-15-29(16-4-1)32-19-7-8-21-34(32)43-37-24-11-9-22-35(37)42(36-23-10-12-25-38(36)43)31-27-39(30-17-5-2-6-18-30)44-40(28-31)33-20-13-14-26-41(33)45-44/h1-28,35,42H/i9D,10D,11D,12D,22D,23D,24D,25D.